The summed E-state index contributed by atoms with van der Waals surface area (Å²) in [5.41, 5.74) is 14.6. The molecule has 0 amide bonds. The number of carbonyl (C=O) groups excluding carboxylic acids is 1. The minimum atomic E-state index is -0.189. The monoisotopic (exact) mass is 552 g/mol. The molecule has 4 aromatic rings. The zero-order valence-corrected chi connectivity index (χ0v) is 24.6. The zero-order chi connectivity index (χ0) is 30.0. The largest absolute Gasteiger partial charge is 0.512 e. The first-order valence-electron chi connectivity index (χ1n) is 14.2. The summed E-state index contributed by atoms with van der Waals surface area (Å²) < 4.78 is 0. The van der Waals surface area contributed by atoms with Gasteiger partial charge in [-0.25, -0.2) is 0 Å². The van der Waals surface area contributed by atoms with Crippen molar-refractivity contribution in [1.29, 1.82) is 5.41 Å². The highest BCUT2D eigenvalue weighted by atomic mass is 16.3. The molecule has 0 saturated heterocycles. The number of carbonyl (C=O) groups is 1. The average molecular weight is 553 g/mol. The molecule has 4 heteroatoms. The third-order valence-electron chi connectivity index (χ3n) is 8.02. The number of aliphatic hydroxyl groups is 1. The fourth-order valence-corrected chi connectivity index (χ4v) is 6.03. The number of hydrogen-bond acceptors (Lipinski definition) is 4. The number of nitrogen functional groups attached to an aromatic ring is 1. The lowest BCUT2D eigenvalue weighted by Crippen LogP contribution is -2.05. The molecule has 4 aromatic carbocycles. The van der Waals surface area contributed by atoms with E-state index in [9.17, 15) is 9.90 Å². The van der Waals surface area contributed by atoms with Gasteiger partial charge in [0.05, 0.1) is 11.3 Å². The van der Waals surface area contributed by atoms with E-state index in [-0.39, 0.29) is 11.5 Å². The van der Waals surface area contributed by atoms with Gasteiger partial charge in [-0.05, 0) is 102 Å². The Hall–Kier alpha value is -4.96. The molecular weight excluding hydrogens is 516 g/mol. The second-order valence-corrected chi connectivity index (χ2v) is 10.9. The van der Waals surface area contributed by atoms with E-state index >= 15 is 0 Å². The predicted octanol–water partition coefficient (Wildman–Crippen LogP) is 9.35. The van der Waals surface area contributed by atoms with Crippen LogP contribution in [0.15, 0.2) is 125 Å². The van der Waals surface area contributed by atoms with Crippen molar-refractivity contribution in [3.8, 4) is 0 Å². The average Bonchev–Trinajstić information content (AvgIpc) is 3.35. The van der Waals surface area contributed by atoms with E-state index in [4.69, 9.17) is 11.1 Å². The maximum absolute atomic E-state index is 12.8. The topological polar surface area (TPSA) is 87.2 Å². The maximum Gasteiger partial charge on any atom is 0.163 e. The zero-order valence-electron chi connectivity index (χ0n) is 24.6. The number of ketones is 1. The second kappa shape index (κ2) is 11.9. The molecule has 0 aliphatic heterocycles. The summed E-state index contributed by atoms with van der Waals surface area (Å²) in [4.78, 5) is 12.8. The summed E-state index contributed by atoms with van der Waals surface area (Å²) in [6.45, 7) is 7.17. The van der Waals surface area contributed by atoms with E-state index in [0.29, 0.717) is 17.7 Å². The molecule has 0 atom stereocenters. The van der Waals surface area contributed by atoms with Crippen LogP contribution in [-0.4, -0.2) is 16.6 Å². The summed E-state index contributed by atoms with van der Waals surface area (Å²) in [6.07, 6.45) is 9.29. The highest BCUT2D eigenvalue weighted by Gasteiger charge is 2.25. The van der Waals surface area contributed by atoms with Crippen molar-refractivity contribution in [3.63, 3.8) is 0 Å². The number of fused-ring (bicyclic) bond motifs is 2. The first kappa shape index (κ1) is 28.6. The predicted molar refractivity (Wildman–Crippen MR) is 177 cm³/mol. The molecule has 0 bridgehead atoms. The number of Topliss-reactive ketones (excluding diaryl/α,β-unsaturated/α-hetero) is 1. The van der Waals surface area contributed by atoms with Crippen LogP contribution in [0, 0.1) is 12.3 Å². The summed E-state index contributed by atoms with van der Waals surface area (Å²) >= 11 is 0. The molecule has 1 aliphatic carbocycles. The summed E-state index contributed by atoms with van der Waals surface area (Å²) in [5.74, 6) is -0.190. The van der Waals surface area contributed by atoms with Crippen LogP contribution >= 0.6 is 0 Å². The Kier molecular flexibility index (Phi) is 8.08. The van der Waals surface area contributed by atoms with Crippen LogP contribution in [0.4, 0.5) is 5.69 Å². The van der Waals surface area contributed by atoms with Gasteiger partial charge < -0.3 is 16.2 Å². The molecule has 0 spiro atoms. The van der Waals surface area contributed by atoms with Crippen molar-refractivity contribution in [2.75, 3.05) is 5.73 Å². The van der Waals surface area contributed by atoms with Gasteiger partial charge in [0.1, 0.15) is 5.76 Å². The molecule has 42 heavy (non-hydrogen) atoms. The van der Waals surface area contributed by atoms with Crippen molar-refractivity contribution >= 4 is 44.3 Å². The molecule has 210 valence electrons. The Morgan fingerprint density at radius 3 is 2.14 bits per heavy atom. The number of aryl methyl sites for hydroxylation is 1. The van der Waals surface area contributed by atoms with Crippen molar-refractivity contribution in [2.45, 2.75) is 40.5 Å². The minimum Gasteiger partial charge on any atom is -0.512 e. The normalized spacial score (nSPS) is 15.7. The third-order valence-corrected chi connectivity index (χ3v) is 8.02. The Morgan fingerprint density at radius 1 is 0.857 bits per heavy atom. The van der Waals surface area contributed by atoms with E-state index in [2.05, 4.69) is 62.4 Å². The number of anilines is 1. The van der Waals surface area contributed by atoms with Gasteiger partial charge in [0.25, 0.3) is 0 Å². The van der Waals surface area contributed by atoms with Crippen LogP contribution in [0.1, 0.15) is 50.3 Å². The van der Waals surface area contributed by atoms with Gasteiger partial charge in [-0.2, -0.15) is 0 Å². The van der Waals surface area contributed by atoms with Crippen molar-refractivity contribution in [2.24, 2.45) is 0 Å². The molecule has 5 rings (SSSR count). The van der Waals surface area contributed by atoms with Crippen LogP contribution in [0.25, 0.3) is 27.1 Å². The lowest BCUT2D eigenvalue weighted by molar-refractivity contribution is -0.113. The molecular formula is C38H36N2O2. The Morgan fingerprint density at radius 2 is 1.48 bits per heavy atom. The minimum absolute atomic E-state index is 0.00140. The van der Waals surface area contributed by atoms with Crippen LogP contribution in [-0.2, 0) is 4.79 Å². The van der Waals surface area contributed by atoms with Crippen molar-refractivity contribution in [3.05, 3.63) is 142 Å². The maximum atomic E-state index is 12.8. The van der Waals surface area contributed by atoms with E-state index < -0.39 is 0 Å². The van der Waals surface area contributed by atoms with Gasteiger partial charge in [0.15, 0.2) is 5.78 Å². The van der Waals surface area contributed by atoms with Gasteiger partial charge >= 0.3 is 0 Å². The van der Waals surface area contributed by atoms with Crippen LogP contribution in [0.5, 0.6) is 0 Å². The molecule has 0 unspecified atom stereocenters. The van der Waals surface area contributed by atoms with Gasteiger partial charge in [0, 0.05) is 16.6 Å². The summed E-state index contributed by atoms with van der Waals surface area (Å²) in [7, 11) is 0. The van der Waals surface area contributed by atoms with Gasteiger partial charge in [-0.15, -0.1) is 0 Å². The molecule has 0 heterocycles. The van der Waals surface area contributed by atoms with Crippen molar-refractivity contribution < 1.29 is 9.90 Å². The van der Waals surface area contributed by atoms with Crippen molar-refractivity contribution in [1.82, 2.24) is 0 Å². The number of rotatable bonds is 7. The van der Waals surface area contributed by atoms with Gasteiger partial charge in [0.2, 0.25) is 0 Å². The highest BCUT2D eigenvalue weighted by molar-refractivity contribution is 6.15. The number of nitrogens with one attached hydrogen (secondary N) is 1. The molecule has 0 radical (unpaired) electrons. The van der Waals surface area contributed by atoms with Crippen LogP contribution in [0.3, 0.4) is 0 Å². The van der Waals surface area contributed by atoms with Gasteiger partial charge in [-0.1, -0.05) is 85.0 Å². The smallest absolute Gasteiger partial charge is 0.163 e. The molecule has 0 saturated carbocycles. The van der Waals surface area contributed by atoms with E-state index in [0.717, 1.165) is 72.6 Å². The molecule has 1 aliphatic rings. The Balaban J connectivity index is 1.57. The lowest BCUT2D eigenvalue weighted by atomic mass is 9.92. The fourth-order valence-electron chi connectivity index (χ4n) is 6.03. The number of hydrogen-bond donors (Lipinski definition) is 3. The molecule has 4 nitrogen and oxygen atoms in total. The highest BCUT2D eigenvalue weighted by Crippen LogP contribution is 2.39. The second-order valence-electron chi connectivity index (χ2n) is 10.9. The van der Waals surface area contributed by atoms with Gasteiger partial charge in [-0.3, -0.25) is 4.79 Å². The van der Waals surface area contributed by atoms with E-state index in [1.165, 1.54) is 6.92 Å². The number of nitrogens with two attached hydrogens (primary N) is 1. The SMILES string of the molecule is CC(=O)/C(C1=C(/C=C/C(=N)c2cccc3cccc(C)c23)CC/C1=C/C=C(\C)c1cccc2cccc(N)c12)=C(\C)O. The molecule has 0 aromatic heterocycles. The number of allylic oxidation sites excluding steroid dienone is 10. The first-order chi connectivity index (χ1) is 20.2. The fraction of sp³-hybridized carbons (Fsp3) is 0.158. The van der Waals surface area contributed by atoms with E-state index in [1.807, 2.05) is 48.6 Å². The standard InChI is InChI=1S/C38H36N2O2/c1-23(31-14-6-12-28-13-8-16-34(40)38(28)31)17-18-29-19-20-30(37(29)36(25(3)41)26(4)42)21-22-33(39)32-15-7-11-27-10-5-9-24(2)35(27)32/h5-18,21-22,39,41H,19-20,40H2,1-4H3/b22-21+,23-17+,29-18-,36-25-,39-33?. The summed E-state index contributed by atoms with van der Waals surface area (Å²) in [6, 6.07) is 24.3. The Labute approximate surface area is 247 Å². The molecule has 0 fully saturated rings. The summed E-state index contributed by atoms with van der Waals surface area (Å²) in [5, 5.41) is 23.8. The third kappa shape index (κ3) is 5.48. The molecule has 4 N–H and O–H groups in total. The van der Waals surface area contributed by atoms with E-state index in [1.54, 1.807) is 6.92 Å². The lowest BCUT2D eigenvalue weighted by Gasteiger charge is -2.12. The van der Waals surface area contributed by atoms with Crippen LogP contribution < -0.4 is 5.73 Å². The number of benzene rings is 4. The number of aliphatic hydroxyl groups excluding tert-OH is 1. The first-order valence-corrected chi connectivity index (χ1v) is 14.2. The quantitative estimate of drug-likeness (QED) is 0.0924. The van der Waals surface area contributed by atoms with Crippen LogP contribution in [0.2, 0.25) is 0 Å². The Bertz CT molecular complexity index is 1900.